The number of hydrogen-bond donors (Lipinski definition) is 1. The van der Waals surface area contributed by atoms with E-state index in [0.29, 0.717) is 11.5 Å². The minimum absolute atomic E-state index is 0.0515. The molecule has 0 spiro atoms. The van der Waals surface area contributed by atoms with E-state index in [-0.39, 0.29) is 24.0 Å². The van der Waals surface area contributed by atoms with Crippen LogP contribution >= 0.6 is 12.2 Å². The molecule has 1 N–H and O–H groups in total. The van der Waals surface area contributed by atoms with Crippen LogP contribution < -0.4 is 0 Å². The Hall–Kier alpha value is -2.66. The van der Waals surface area contributed by atoms with E-state index in [1.54, 1.807) is 4.90 Å². The summed E-state index contributed by atoms with van der Waals surface area (Å²) in [6, 6.07) is 18.2. The van der Waals surface area contributed by atoms with Gasteiger partial charge in [0.1, 0.15) is 6.04 Å². The molecular formula is C22H21N3OS. The van der Waals surface area contributed by atoms with Crippen molar-refractivity contribution in [2.45, 2.75) is 38.4 Å². The minimum Gasteiger partial charge on any atom is -0.356 e. The fourth-order valence-corrected chi connectivity index (χ4v) is 5.15. The lowest BCUT2D eigenvalue weighted by molar-refractivity contribution is -0.129. The Morgan fingerprint density at radius 3 is 2.59 bits per heavy atom. The smallest absolute Gasteiger partial charge is 0.252 e. The van der Waals surface area contributed by atoms with E-state index in [2.05, 4.69) is 54.1 Å². The fraction of sp³-hybridized carbons (Fsp3) is 0.273. The standard InChI is InChI=1S/C22H21N3OS/c1-13(15-8-4-3-5-9-15)25-21(26)19-12-17-16-10-6-7-11-18(16)23-20(17)14(2)24(19)22(25)27/h3-11,13-14,19,23H,12H2,1-2H3/t13-,14+,19+/m1/s1. The Kier molecular flexibility index (Phi) is 3.62. The van der Waals surface area contributed by atoms with E-state index in [1.807, 2.05) is 24.3 Å². The van der Waals surface area contributed by atoms with Crippen LogP contribution in [0.3, 0.4) is 0 Å². The summed E-state index contributed by atoms with van der Waals surface area (Å²) in [5.74, 6) is 0.110. The van der Waals surface area contributed by atoms with Crippen LogP contribution in [0.2, 0.25) is 0 Å². The number of nitrogens with one attached hydrogen (secondary N) is 1. The van der Waals surface area contributed by atoms with Gasteiger partial charge in [0.15, 0.2) is 5.11 Å². The summed E-state index contributed by atoms with van der Waals surface area (Å²) in [7, 11) is 0. The first-order chi connectivity index (χ1) is 13.1. The summed E-state index contributed by atoms with van der Waals surface area (Å²) >= 11 is 5.80. The van der Waals surface area contributed by atoms with Crippen LogP contribution in [0.1, 0.15) is 42.8 Å². The van der Waals surface area contributed by atoms with Crippen molar-refractivity contribution in [3.05, 3.63) is 71.4 Å². The number of para-hydroxylation sites is 1. The maximum Gasteiger partial charge on any atom is 0.252 e. The van der Waals surface area contributed by atoms with Gasteiger partial charge in [-0.15, -0.1) is 0 Å². The molecule has 3 aromatic rings. The molecule has 0 aliphatic carbocycles. The van der Waals surface area contributed by atoms with Gasteiger partial charge in [-0.2, -0.15) is 0 Å². The summed E-state index contributed by atoms with van der Waals surface area (Å²) in [5.41, 5.74) is 4.66. The fourth-order valence-electron chi connectivity index (χ4n) is 4.62. The highest BCUT2D eigenvalue weighted by Gasteiger charge is 2.50. The van der Waals surface area contributed by atoms with Gasteiger partial charge in [-0.3, -0.25) is 9.69 Å². The molecule has 5 heteroatoms. The summed E-state index contributed by atoms with van der Waals surface area (Å²) in [5, 5.41) is 1.85. The molecule has 5 rings (SSSR count). The predicted molar refractivity (Wildman–Crippen MR) is 110 cm³/mol. The van der Waals surface area contributed by atoms with E-state index in [4.69, 9.17) is 12.2 Å². The molecule has 2 aliphatic rings. The van der Waals surface area contributed by atoms with Crippen molar-refractivity contribution in [3.63, 3.8) is 0 Å². The minimum atomic E-state index is -0.217. The summed E-state index contributed by atoms with van der Waals surface area (Å²) in [6.45, 7) is 4.19. The molecule has 2 aliphatic heterocycles. The number of H-pyrrole nitrogens is 1. The zero-order chi connectivity index (χ0) is 18.7. The number of aromatic nitrogens is 1. The van der Waals surface area contributed by atoms with Crippen LogP contribution in [0.25, 0.3) is 10.9 Å². The van der Waals surface area contributed by atoms with Crippen molar-refractivity contribution in [1.82, 2.24) is 14.8 Å². The van der Waals surface area contributed by atoms with Crippen LogP contribution in [-0.2, 0) is 11.2 Å². The molecule has 136 valence electrons. The average Bonchev–Trinajstić information content (AvgIpc) is 3.18. The van der Waals surface area contributed by atoms with E-state index in [9.17, 15) is 4.79 Å². The van der Waals surface area contributed by atoms with Crippen LogP contribution in [0.15, 0.2) is 54.6 Å². The first-order valence-corrected chi connectivity index (χ1v) is 9.78. The van der Waals surface area contributed by atoms with Crippen molar-refractivity contribution in [3.8, 4) is 0 Å². The number of amides is 1. The average molecular weight is 375 g/mol. The highest BCUT2D eigenvalue weighted by molar-refractivity contribution is 7.80. The summed E-state index contributed by atoms with van der Waals surface area (Å²) in [4.78, 5) is 20.8. The summed E-state index contributed by atoms with van der Waals surface area (Å²) in [6.07, 6.45) is 0.695. The molecule has 0 bridgehead atoms. The van der Waals surface area contributed by atoms with E-state index >= 15 is 0 Å². The molecule has 27 heavy (non-hydrogen) atoms. The lowest BCUT2D eigenvalue weighted by atomic mass is 9.93. The van der Waals surface area contributed by atoms with Gasteiger partial charge >= 0.3 is 0 Å². The molecular weight excluding hydrogens is 354 g/mol. The van der Waals surface area contributed by atoms with Gasteiger partial charge in [0, 0.05) is 23.0 Å². The van der Waals surface area contributed by atoms with Gasteiger partial charge in [0.05, 0.1) is 12.1 Å². The number of hydrogen-bond acceptors (Lipinski definition) is 2. The first-order valence-electron chi connectivity index (χ1n) is 9.37. The third-order valence-corrected chi connectivity index (χ3v) is 6.44. The monoisotopic (exact) mass is 375 g/mol. The normalized spacial score (nSPS) is 22.9. The molecule has 0 unspecified atom stereocenters. The Morgan fingerprint density at radius 1 is 1.11 bits per heavy atom. The van der Waals surface area contributed by atoms with Crippen LogP contribution in [0.4, 0.5) is 0 Å². The second-order valence-electron chi connectivity index (χ2n) is 7.44. The SMILES string of the molecule is C[C@H](c1ccccc1)N1C(=O)[C@@H]2Cc3c([nH]c4ccccc34)[C@H](C)N2C1=S. The number of aromatic amines is 1. The zero-order valence-electron chi connectivity index (χ0n) is 15.3. The molecule has 3 atom stereocenters. The molecule has 2 aromatic carbocycles. The number of carbonyl (C=O) groups is 1. The van der Waals surface area contributed by atoms with Crippen molar-refractivity contribution < 1.29 is 4.79 Å². The van der Waals surface area contributed by atoms with Crippen molar-refractivity contribution in [2.75, 3.05) is 0 Å². The lowest BCUT2D eigenvalue weighted by Gasteiger charge is -2.35. The maximum atomic E-state index is 13.4. The van der Waals surface area contributed by atoms with Crippen molar-refractivity contribution in [1.29, 1.82) is 0 Å². The van der Waals surface area contributed by atoms with Gasteiger partial charge in [-0.05, 0) is 43.3 Å². The molecule has 1 aromatic heterocycles. The Balaban J connectivity index is 1.55. The third-order valence-electron chi connectivity index (χ3n) is 6.03. The van der Waals surface area contributed by atoms with Gasteiger partial charge < -0.3 is 9.88 Å². The molecule has 4 nitrogen and oxygen atoms in total. The number of rotatable bonds is 2. The first kappa shape index (κ1) is 16.5. The number of benzene rings is 2. The van der Waals surface area contributed by atoms with Gasteiger partial charge in [-0.25, -0.2) is 0 Å². The van der Waals surface area contributed by atoms with E-state index in [0.717, 1.165) is 11.1 Å². The quantitative estimate of drug-likeness (QED) is 0.677. The highest BCUT2D eigenvalue weighted by atomic mass is 32.1. The van der Waals surface area contributed by atoms with Gasteiger partial charge in [0.2, 0.25) is 0 Å². The summed E-state index contributed by atoms with van der Waals surface area (Å²) < 4.78 is 0. The molecule has 0 saturated carbocycles. The van der Waals surface area contributed by atoms with Gasteiger partial charge in [0.25, 0.3) is 5.91 Å². The molecule has 1 amide bonds. The topological polar surface area (TPSA) is 39.3 Å². The highest BCUT2D eigenvalue weighted by Crippen LogP contribution is 2.42. The Labute approximate surface area is 163 Å². The Bertz CT molecular complexity index is 1060. The number of carbonyl (C=O) groups excluding carboxylic acids is 1. The van der Waals surface area contributed by atoms with Crippen LogP contribution in [0.5, 0.6) is 0 Å². The predicted octanol–water partition coefficient (Wildman–Crippen LogP) is 4.34. The largest absolute Gasteiger partial charge is 0.356 e. The lowest BCUT2D eigenvalue weighted by Crippen LogP contribution is -2.42. The number of nitrogens with zero attached hydrogens (tertiary/aromatic N) is 2. The van der Waals surface area contributed by atoms with E-state index < -0.39 is 0 Å². The zero-order valence-corrected chi connectivity index (χ0v) is 16.2. The maximum absolute atomic E-state index is 13.4. The molecule has 0 radical (unpaired) electrons. The van der Waals surface area contributed by atoms with Gasteiger partial charge in [-0.1, -0.05) is 48.5 Å². The molecule has 1 saturated heterocycles. The van der Waals surface area contributed by atoms with Crippen LogP contribution in [0, 0.1) is 0 Å². The number of thiocarbonyl (C=S) groups is 1. The second kappa shape index (κ2) is 5.92. The molecule has 1 fully saturated rings. The molecule has 3 heterocycles. The second-order valence-corrected chi connectivity index (χ2v) is 7.81. The van der Waals surface area contributed by atoms with Crippen LogP contribution in [-0.4, -0.2) is 31.8 Å². The number of fused-ring (bicyclic) bond motifs is 4. The van der Waals surface area contributed by atoms with Crippen molar-refractivity contribution in [2.24, 2.45) is 0 Å². The van der Waals surface area contributed by atoms with E-state index in [1.165, 1.54) is 16.6 Å². The van der Waals surface area contributed by atoms with Crippen molar-refractivity contribution >= 4 is 34.1 Å². The Morgan fingerprint density at radius 2 is 1.81 bits per heavy atom. The third kappa shape index (κ3) is 2.28.